The van der Waals surface area contributed by atoms with Gasteiger partial charge in [-0.1, -0.05) is 77.3 Å². The lowest BCUT2D eigenvalue weighted by Gasteiger charge is -2.08. The van der Waals surface area contributed by atoms with Crippen LogP contribution in [0.1, 0.15) is 94.0 Å². The van der Waals surface area contributed by atoms with Gasteiger partial charge in [0.1, 0.15) is 11.5 Å². The highest BCUT2D eigenvalue weighted by molar-refractivity contribution is 5.91. The van der Waals surface area contributed by atoms with Gasteiger partial charge in [-0.2, -0.15) is 0 Å². The molecule has 3 heteroatoms. The van der Waals surface area contributed by atoms with Crippen LogP contribution in [0.4, 0.5) is 0 Å². The Morgan fingerprint density at radius 3 is 1.90 bits per heavy atom. The van der Waals surface area contributed by atoms with Crippen LogP contribution in [0.2, 0.25) is 0 Å². The van der Waals surface area contributed by atoms with Crippen molar-refractivity contribution in [3.8, 4) is 11.5 Å². The molecule has 0 atom stereocenters. The van der Waals surface area contributed by atoms with Crippen LogP contribution in [-0.4, -0.2) is 12.6 Å². The van der Waals surface area contributed by atoms with Crippen molar-refractivity contribution < 1.29 is 14.3 Å². The van der Waals surface area contributed by atoms with Gasteiger partial charge in [0.25, 0.3) is 0 Å². The van der Waals surface area contributed by atoms with E-state index in [0.29, 0.717) is 11.3 Å². The molecule has 0 radical (unpaired) electrons. The molecule has 3 nitrogen and oxygen atoms in total. The summed E-state index contributed by atoms with van der Waals surface area (Å²) in [4.78, 5) is 12.4. The summed E-state index contributed by atoms with van der Waals surface area (Å²) < 4.78 is 11.3. The number of carbonyl (C=O) groups excluding carboxylic acids is 1. The Balaban J connectivity index is 1.71. The van der Waals surface area contributed by atoms with Crippen LogP contribution in [-0.2, 0) is 6.42 Å². The highest BCUT2D eigenvalue weighted by Crippen LogP contribution is 2.20. The molecule has 2 aromatic rings. The van der Waals surface area contributed by atoms with Crippen LogP contribution < -0.4 is 9.47 Å². The standard InChI is InChI=1S/C27H38O3/c1-3-5-7-9-10-12-22-29-25-18-20-26(21-19-25)30-27(28)24-16-14-23(15-17-24)13-11-8-6-4-2/h14-21H,3-13,22H2,1-2H3. The quantitative estimate of drug-likeness (QED) is 0.171. The van der Waals surface area contributed by atoms with E-state index in [4.69, 9.17) is 9.47 Å². The summed E-state index contributed by atoms with van der Waals surface area (Å²) in [6.07, 6.45) is 13.6. The summed E-state index contributed by atoms with van der Waals surface area (Å²) in [5, 5.41) is 0. The van der Waals surface area contributed by atoms with Gasteiger partial charge in [-0.15, -0.1) is 0 Å². The number of carbonyl (C=O) groups is 1. The van der Waals surface area contributed by atoms with Crippen LogP contribution in [0.3, 0.4) is 0 Å². The summed E-state index contributed by atoms with van der Waals surface area (Å²) >= 11 is 0. The Labute approximate surface area is 182 Å². The number of unbranched alkanes of at least 4 members (excludes halogenated alkanes) is 8. The molecule has 30 heavy (non-hydrogen) atoms. The first kappa shape index (κ1) is 24.0. The maximum atomic E-state index is 12.4. The van der Waals surface area contributed by atoms with Gasteiger partial charge in [-0.3, -0.25) is 0 Å². The van der Waals surface area contributed by atoms with E-state index < -0.39 is 0 Å². The van der Waals surface area contributed by atoms with E-state index >= 15 is 0 Å². The van der Waals surface area contributed by atoms with E-state index in [9.17, 15) is 4.79 Å². The average Bonchev–Trinajstić information content (AvgIpc) is 2.77. The first-order chi connectivity index (χ1) is 14.7. The summed E-state index contributed by atoms with van der Waals surface area (Å²) in [6.45, 7) is 5.18. The summed E-state index contributed by atoms with van der Waals surface area (Å²) in [7, 11) is 0. The Morgan fingerprint density at radius 1 is 0.667 bits per heavy atom. The lowest BCUT2D eigenvalue weighted by Crippen LogP contribution is -2.08. The van der Waals surface area contributed by atoms with Crippen molar-refractivity contribution in [3.63, 3.8) is 0 Å². The maximum absolute atomic E-state index is 12.4. The van der Waals surface area contributed by atoms with E-state index in [-0.39, 0.29) is 5.97 Å². The van der Waals surface area contributed by atoms with Crippen LogP contribution in [0.5, 0.6) is 11.5 Å². The molecule has 164 valence electrons. The van der Waals surface area contributed by atoms with Gasteiger partial charge in [-0.05, 0) is 61.2 Å². The number of hydrogen-bond donors (Lipinski definition) is 0. The zero-order chi connectivity index (χ0) is 21.4. The van der Waals surface area contributed by atoms with Gasteiger partial charge in [0.05, 0.1) is 12.2 Å². The number of benzene rings is 2. The molecule has 2 rings (SSSR count). The molecule has 0 spiro atoms. The molecule has 0 heterocycles. The normalized spacial score (nSPS) is 10.7. The van der Waals surface area contributed by atoms with Crippen LogP contribution >= 0.6 is 0 Å². The zero-order valence-electron chi connectivity index (χ0n) is 18.8. The molecule has 0 amide bonds. The van der Waals surface area contributed by atoms with Gasteiger partial charge in [-0.25, -0.2) is 4.79 Å². The monoisotopic (exact) mass is 410 g/mol. The number of aryl methyl sites for hydroxylation is 1. The zero-order valence-corrected chi connectivity index (χ0v) is 18.8. The van der Waals surface area contributed by atoms with E-state index in [2.05, 4.69) is 13.8 Å². The Kier molecular flexibility index (Phi) is 11.7. The van der Waals surface area contributed by atoms with Crippen molar-refractivity contribution in [1.82, 2.24) is 0 Å². The van der Waals surface area contributed by atoms with Gasteiger partial charge >= 0.3 is 5.97 Å². The molecule has 0 aliphatic carbocycles. The lowest BCUT2D eigenvalue weighted by molar-refractivity contribution is 0.0734. The minimum Gasteiger partial charge on any atom is -0.494 e. The van der Waals surface area contributed by atoms with E-state index in [0.717, 1.165) is 25.2 Å². The first-order valence-corrected chi connectivity index (χ1v) is 11.8. The van der Waals surface area contributed by atoms with Crippen molar-refractivity contribution in [1.29, 1.82) is 0 Å². The predicted octanol–water partition coefficient (Wildman–Crippen LogP) is 7.77. The van der Waals surface area contributed by atoms with E-state index in [1.54, 1.807) is 12.1 Å². The summed E-state index contributed by atoms with van der Waals surface area (Å²) in [6, 6.07) is 15.1. The number of hydrogen-bond acceptors (Lipinski definition) is 3. The maximum Gasteiger partial charge on any atom is 0.343 e. The molecule has 0 aliphatic rings. The Bertz CT molecular complexity index is 704. The van der Waals surface area contributed by atoms with Crippen LogP contribution in [0, 0.1) is 0 Å². The number of rotatable bonds is 15. The van der Waals surface area contributed by atoms with Gasteiger partial charge in [0.15, 0.2) is 0 Å². The molecule has 0 aliphatic heterocycles. The molecular weight excluding hydrogens is 372 g/mol. The molecule has 0 unspecified atom stereocenters. The minimum absolute atomic E-state index is 0.326. The molecular formula is C27H38O3. The highest BCUT2D eigenvalue weighted by Gasteiger charge is 2.09. The van der Waals surface area contributed by atoms with E-state index in [1.165, 1.54) is 63.4 Å². The predicted molar refractivity (Wildman–Crippen MR) is 125 cm³/mol. The van der Waals surface area contributed by atoms with Crippen molar-refractivity contribution in [2.75, 3.05) is 6.61 Å². The summed E-state index contributed by atoms with van der Waals surface area (Å²) in [5.74, 6) is 1.03. The lowest BCUT2D eigenvalue weighted by atomic mass is 10.0. The summed E-state index contributed by atoms with van der Waals surface area (Å²) in [5.41, 5.74) is 1.85. The third kappa shape index (κ3) is 9.47. The van der Waals surface area contributed by atoms with Gasteiger partial charge in [0, 0.05) is 0 Å². The second kappa shape index (κ2) is 14.7. The molecule has 0 saturated carbocycles. The van der Waals surface area contributed by atoms with Gasteiger partial charge in [0.2, 0.25) is 0 Å². The molecule has 2 aromatic carbocycles. The number of ether oxygens (including phenoxy) is 2. The SMILES string of the molecule is CCCCCCCCOc1ccc(OC(=O)c2ccc(CCCCCC)cc2)cc1. The second-order valence-corrected chi connectivity index (χ2v) is 7.98. The Hall–Kier alpha value is -2.29. The minimum atomic E-state index is -0.326. The first-order valence-electron chi connectivity index (χ1n) is 11.8. The largest absolute Gasteiger partial charge is 0.494 e. The van der Waals surface area contributed by atoms with Crippen molar-refractivity contribution in [3.05, 3.63) is 59.7 Å². The smallest absolute Gasteiger partial charge is 0.343 e. The van der Waals surface area contributed by atoms with Crippen molar-refractivity contribution >= 4 is 5.97 Å². The third-order valence-corrected chi connectivity index (χ3v) is 5.31. The number of esters is 1. The van der Waals surface area contributed by atoms with Crippen LogP contribution in [0.15, 0.2) is 48.5 Å². The fraction of sp³-hybridized carbons (Fsp3) is 0.519. The molecule has 0 fully saturated rings. The molecule has 0 N–H and O–H groups in total. The highest BCUT2D eigenvalue weighted by atomic mass is 16.5. The fourth-order valence-corrected chi connectivity index (χ4v) is 3.41. The fourth-order valence-electron chi connectivity index (χ4n) is 3.41. The van der Waals surface area contributed by atoms with Crippen molar-refractivity contribution in [2.45, 2.75) is 84.5 Å². The average molecular weight is 411 g/mol. The third-order valence-electron chi connectivity index (χ3n) is 5.31. The Morgan fingerprint density at radius 2 is 1.23 bits per heavy atom. The van der Waals surface area contributed by atoms with Gasteiger partial charge < -0.3 is 9.47 Å². The topological polar surface area (TPSA) is 35.5 Å². The van der Waals surface area contributed by atoms with Crippen molar-refractivity contribution in [2.24, 2.45) is 0 Å². The molecule has 0 saturated heterocycles. The molecule has 0 bridgehead atoms. The van der Waals surface area contributed by atoms with E-state index in [1.807, 2.05) is 36.4 Å². The molecule has 0 aromatic heterocycles. The second-order valence-electron chi connectivity index (χ2n) is 7.98. The van der Waals surface area contributed by atoms with Crippen LogP contribution in [0.25, 0.3) is 0 Å².